The van der Waals surface area contributed by atoms with Crippen LogP contribution in [-0.4, -0.2) is 29.1 Å². The van der Waals surface area contributed by atoms with E-state index in [9.17, 15) is 5.11 Å². The van der Waals surface area contributed by atoms with Crippen LogP contribution in [0.5, 0.6) is 0 Å². The molecule has 2 aliphatic heterocycles. The second kappa shape index (κ2) is 7.01. The SMILES string of the molecule is CCC1NC(O)C(CC2CCC3OC(C)(C)CCC3C2)C1CC. The van der Waals surface area contributed by atoms with Gasteiger partial charge in [0, 0.05) is 12.0 Å². The molecule has 3 nitrogen and oxygen atoms in total. The largest absolute Gasteiger partial charge is 0.378 e. The minimum atomic E-state index is -0.288. The van der Waals surface area contributed by atoms with Gasteiger partial charge in [-0.3, -0.25) is 5.32 Å². The van der Waals surface area contributed by atoms with Crippen LogP contribution in [0.2, 0.25) is 0 Å². The van der Waals surface area contributed by atoms with Gasteiger partial charge >= 0.3 is 0 Å². The lowest BCUT2D eigenvalue weighted by Crippen LogP contribution is -2.44. The van der Waals surface area contributed by atoms with E-state index in [1.807, 2.05) is 0 Å². The lowest BCUT2D eigenvalue weighted by molar-refractivity contribution is -0.153. The summed E-state index contributed by atoms with van der Waals surface area (Å²) in [5, 5.41) is 13.9. The number of aliphatic hydroxyl groups excluding tert-OH is 1. The predicted molar refractivity (Wildman–Crippen MR) is 94.1 cm³/mol. The molecule has 7 atom stereocenters. The Morgan fingerprint density at radius 2 is 1.87 bits per heavy atom. The summed E-state index contributed by atoms with van der Waals surface area (Å²) in [6.45, 7) is 9.01. The molecule has 0 amide bonds. The number of rotatable bonds is 4. The zero-order valence-electron chi connectivity index (χ0n) is 15.6. The first kappa shape index (κ1) is 17.7. The number of hydrogen-bond donors (Lipinski definition) is 2. The van der Waals surface area contributed by atoms with Gasteiger partial charge in [-0.1, -0.05) is 20.3 Å². The van der Waals surface area contributed by atoms with E-state index in [4.69, 9.17) is 4.74 Å². The van der Waals surface area contributed by atoms with Crippen molar-refractivity contribution in [1.82, 2.24) is 5.32 Å². The summed E-state index contributed by atoms with van der Waals surface area (Å²) in [5.74, 6) is 2.64. The molecule has 3 rings (SSSR count). The van der Waals surface area contributed by atoms with Crippen LogP contribution in [0.25, 0.3) is 0 Å². The first-order valence-corrected chi connectivity index (χ1v) is 10.1. The normalized spacial score (nSPS) is 46.6. The molecule has 3 aliphatic rings. The molecule has 0 radical (unpaired) electrons. The first-order chi connectivity index (χ1) is 10.9. The molecule has 3 fully saturated rings. The molecule has 0 aromatic heterocycles. The summed E-state index contributed by atoms with van der Waals surface area (Å²) in [6.07, 6.45) is 10.1. The topological polar surface area (TPSA) is 41.5 Å². The van der Waals surface area contributed by atoms with Crippen LogP contribution in [-0.2, 0) is 4.74 Å². The summed E-state index contributed by atoms with van der Waals surface area (Å²) in [7, 11) is 0. The summed E-state index contributed by atoms with van der Waals surface area (Å²) < 4.78 is 6.33. The van der Waals surface area contributed by atoms with Crippen molar-refractivity contribution < 1.29 is 9.84 Å². The highest BCUT2D eigenvalue weighted by Gasteiger charge is 2.44. The zero-order chi connectivity index (χ0) is 16.6. The highest BCUT2D eigenvalue weighted by molar-refractivity contribution is 4.95. The lowest BCUT2D eigenvalue weighted by Gasteiger charge is -2.46. The summed E-state index contributed by atoms with van der Waals surface area (Å²) in [5.41, 5.74) is 0.0845. The quantitative estimate of drug-likeness (QED) is 0.818. The van der Waals surface area contributed by atoms with Crippen molar-refractivity contribution in [2.75, 3.05) is 0 Å². The Balaban J connectivity index is 1.57. The molecule has 2 saturated heterocycles. The van der Waals surface area contributed by atoms with Crippen molar-refractivity contribution >= 4 is 0 Å². The number of hydrogen-bond acceptors (Lipinski definition) is 3. The summed E-state index contributed by atoms with van der Waals surface area (Å²) in [4.78, 5) is 0. The molecule has 2 heterocycles. The molecule has 7 unspecified atom stereocenters. The molecule has 23 heavy (non-hydrogen) atoms. The Labute approximate surface area is 142 Å². The monoisotopic (exact) mass is 323 g/mol. The van der Waals surface area contributed by atoms with Crippen LogP contribution in [0.15, 0.2) is 0 Å². The van der Waals surface area contributed by atoms with Crippen molar-refractivity contribution in [2.45, 2.75) is 103 Å². The lowest BCUT2D eigenvalue weighted by atomic mass is 9.70. The second-order valence-corrected chi connectivity index (χ2v) is 8.99. The molecule has 1 aliphatic carbocycles. The minimum absolute atomic E-state index is 0.0845. The molecule has 0 bridgehead atoms. The number of fused-ring (bicyclic) bond motifs is 1. The van der Waals surface area contributed by atoms with Gasteiger partial charge in [0.25, 0.3) is 0 Å². The second-order valence-electron chi connectivity index (χ2n) is 8.99. The van der Waals surface area contributed by atoms with E-state index in [0.29, 0.717) is 24.0 Å². The van der Waals surface area contributed by atoms with Crippen molar-refractivity contribution in [2.24, 2.45) is 23.7 Å². The Morgan fingerprint density at radius 3 is 2.57 bits per heavy atom. The fourth-order valence-corrected chi connectivity index (χ4v) is 5.70. The molecule has 0 aromatic rings. The van der Waals surface area contributed by atoms with E-state index in [-0.39, 0.29) is 11.8 Å². The molecule has 0 aromatic carbocycles. The van der Waals surface area contributed by atoms with Crippen molar-refractivity contribution in [3.8, 4) is 0 Å². The fraction of sp³-hybridized carbons (Fsp3) is 1.00. The maximum Gasteiger partial charge on any atom is 0.108 e. The molecule has 2 N–H and O–H groups in total. The molecule has 1 saturated carbocycles. The fourth-order valence-electron chi connectivity index (χ4n) is 5.70. The number of nitrogens with one attached hydrogen (secondary N) is 1. The Bertz CT molecular complexity index is 397. The van der Waals surface area contributed by atoms with E-state index >= 15 is 0 Å². The summed E-state index contributed by atoms with van der Waals surface area (Å²) in [6, 6.07) is 0.509. The average Bonchev–Trinajstić information content (AvgIpc) is 2.82. The van der Waals surface area contributed by atoms with Gasteiger partial charge in [0.2, 0.25) is 0 Å². The standard InChI is InChI=1S/C20H37NO2/c1-5-15-16(19(22)21-17(15)6-2)12-13-7-8-18-14(11-13)9-10-20(3,4)23-18/h13-19,21-22H,5-12H2,1-4H3. The smallest absolute Gasteiger partial charge is 0.108 e. The van der Waals surface area contributed by atoms with Gasteiger partial charge in [-0.25, -0.2) is 0 Å². The maximum absolute atomic E-state index is 10.5. The van der Waals surface area contributed by atoms with E-state index in [2.05, 4.69) is 33.0 Å². The zero-order valence-corrected chi connectivity index (χ0v) is 15.6. The third kappa shape index (κ3) is 3.77. The van der Waals surface area contributed by atoms with E-state index < -0.39 is 0 Å². The molecule has 0 spiro atoms. The van der Waals surface area contributed by atoms with Gasteiger partial charge in [-0.2, -0.15) is 0 Å². The minimum Gasteiger partial charge on any atom is -0.378 e. The first-order valence-electron chi connectivity index (χ1n) is 10.1. The third-order valence-electron chi connectivity index (χ3n) is 6.98. The van der Waals surface area contributed by atoms with Gasteiger partial charge in [-0.15, -0.1) is 0 Å². The van der Waals surface area contributed by atoms with Crippen molar-refractivity contribution in [3.05, 3.63) is 0 Å². The van der Waals surface area contributed by atoms with E-state index in [0.717, 1.165) is 18.3 Å². The van der Waals surface area contributed by atoms with Gasteiger partial charge < -0.3 is 9.84 Å². The van der Waals surface area contributed by atoms with Crippen LogP contribution < -0.4 is 5.32 Å². The average molecular weight is 324 g/mol. The molecule has 3 heteroatoms. The molecular weight excluding hydrogens is 286 g/mol. The highest BCUT2D eigenvalue weighted by Crippen LogP contribution is 2.45. The summed E-state index contributed by atoms with van der Waals surface area (Å²) >= 11 is 0. The third-order valence-corrected chi connectivity index (χ3v) is 6.98. The van der Waals surface area contributed by atoms with Crippen LogP contribution in [0.1, 0.15) is 79.1 Å². The van der Waals surface area contributed by atoms with Crippen molar-refractivity contribution in [1.29, 1.82) is 0 Å². The van der Waals surface area contributed by atoms with E-state index in [1.54, 1.807) is 0 Å². The Morgan fingerprint density at radius 1 is 1.09 bits per heavy atom. The predicted octanol–water partition coefficient (Wildman–Crippen LogP) is 4.09. The van der Waals surface area contributed by atoms with Gasteiger partial charge in [0.15, 0.2) is 0 Å². The van der Waals surface area contributed by atoms with Crippen LogP contribution in [0.3, 0.4) is 0 Å². The van der Waals surface area contributed by atoms with Gasteiger partial charge in [0.05, 0.1) is 11.7 Å². The Hall–Kier alpha value is -0.120. The molecule has 134 valence electrons. The van der Waals surface area contributed by atoms with Crippen LogP contribution in [0, 0.1) is 23.7 Å². The molecular formula is C20H37NO2. The van der Waals surface area contributed by atoms with Gasteiger partial charge in [0.1, 0.15) is 6.23 Å². The van der Waals surface area contributed by atoms with E-state index in [1.165, 1.54) is 44.9 Å². The van der Waals surface area contributed by atoms with Crippen molar-refractivity contribution in [3.63, 3.8) is 0 Å². The Kier molecular flexibility index (Phi) is 5.40. The van der Waals surface area contributed by atoms with Crippen LogP contribution >= 0.6 is 0 Å². The maximum atomic E-state index is 10.5. The number of aliphatic hydroxyl groups is 1. The highest BCUT2D eigenvalue weighted by atomic mass is 16.5. The van der Waals surface area contributed by atoms with Gasteiger partial charge in [-0.05, 0) is 76.5 Å². The van der Waals surface area contributed by atoms with Crippen LogP contribution in [0.4, 0.5) is 0 Å². The number of ether oxygens (including phenoxy) is 1.